The van der Waals surface area contributed by atoms with Crippen LogP contribution in [0.4, 0.5) is 0 Å². The lowest BCUT2D eigenvalue weighted by Gasteiger charge is -2.06. The van der Waals surface area contributed by atoms with Crippen LogP contribution in [0.25, 0.3) is 10.2 Å². The Morgan fingerprint density at radius 2 is 2.00 bits per heavy atom. The van der Waals surface area contributed by atoms with Crippen LogP contribution in [0, 0.1) is 6.92 Å². The van der Waals surface area contributed by atoms with E-state index in [-0.39, 0.29) is 10.2 Å². The minimum absolute atomic E-state index is 0.0548. The summed E-state index contributed by atoms with van der Waals surface area (Å²) in [5.74, 6) is -1.18. The summed E-state index contributed by atoms with van der Waals surface area (Å²) in [6, 6.07) is 0. The molecule has 2 aromatic heterocycles. The fourth-order valence-electron chi connectivity index (χ4n) is 1.49. The highest BCUT2D eigenvalue weighted by molar-refractivity contribution is 8.00. The van der Waals surface area contributed by atoms with Crippen molar-refractivity contribution in [1.29, 1.82) is 0 Å². The minimum atomic E-state index is -0.802. The third-order valence-electron chi connectivity index (χ3n) is 2.52. The van der Waals surface area contributed by atoms with Crippen LogP contribution in [0.5, 0.6) is 0 Å². The third-order valence-corrected chi connectivity index (χ3v) is 5.66. The molecule has 0 fully saturated rings. The van der Waals surface area contributed by atoms with Crippen LogP contribution in [0.1, 0.15) is 5.56 Å². The molecule has 0 aromatic carbocycles. The van der Waals surface area contributed by atoms with Crippen LogP contribution in [-0.2, 0) is 9.59 Å². The molecule has 0 unspecified atom stereocenters. The van der Waals surface area contributed by atoms with E-state index in [0.29, 0.717) is 5.03 Å². The van der Waals surface area contributed by atoms with Crippen molar-refractivity contribution < 1.29 is 9.59 Å². The maximum Gasteiger partial charge on any atom is 0.283 e. The molecule has 2 heterocycles. The number of fused-ring (bicyclic) bond motifs is 1. The number of amides is 2. The molecule has 0 bridgehead atoms. The molecule has 122 valence electrons. The molecule has 0 aliphatic rings. The topological polar surface area (TPSA) is 84.0 Å². The summed E-state index contributed by atoms with van der Waals surface area (Å²) in [6.45, 7) is 1.96. The Labute approximate surface area is 154 Å². The average Bonchev–Trinajstić information content (AvgIpc) is 2.91. The van der Waals surface area contributed by atoms with E-state index in [1.165, 1.54) is 29.4 Å². The Kier molecular flexibility index (Phi) is 6.49. The summed E-state index contributed by atoms with van der Waals surface area (Å²) in [7, 11) is 0. The number of nitrogens with one attached hydrogen (secondary N) is 2. The van der Waals surface area contributed by atoms with Gasteiger partial charge in [-0.1, -0.05) is 46.6 Å². The van der Waals surface area contributed by atoms with Gasteiger partial charge >= 0.3 is 0 Å². The molecule has 11 heteroatoms. The van der Waals surface area contributed by atoms with Gasteiger partial charge < -0.3 is 0 Å². The summed E-state index contributed by atoms with van der Waals surface area (Å²) in [5.41, 5.74) is 6.24. The Bertz CT molecular complexity index is 790. The predicted molar refractivity (Wildman–Crippen MR) is 93.7 cm³/mol. The molecule has 0 radical (unpaired) electrons. The highest BCUT2D eigenvalue weighted by Gasteiger charge is 2.13. The quantitative estimate of drug-likeness (QED) is 0.349. The number of hydrogen-bond acceptors (Lipinski definition) is 6. The summed E-state index contributed by atoms with van der Waals surface area (Å²) in [4.78, 5) is 31.6. The van der Waals surface area contributed by atoms with Gasteiger partial charge in [-0.15, -0.1) is 11.3 Å². The highest BCUT2D eigenvalue weighted by Crippen LogP contribution is 2.31. The second-order valence-electron chi connectivity index (χ2n) is 4.14. The number of aryl methyl sites for hydroxylation is 1. The van der Waals surface area contributed by atoms with Gasteiger partial charge in [0.05, 0.1) is 16.0 Å². The molecule has 0 aliphatic carbocycles. The van der Waals surface area contributed by atoms with Crippen molar-refractivity contribution in [2.24, 2.45) is 0 Å². The molecule has 0 atom stereocenters. The van der Waals surface area contributed by atoms with Crippen molar-refractivity contribution in [1.82, 2.24) is 20.8 Å². The second kappa shape index (κ2) is 8.16. The van der Waals surface area contributed by atoms with Gasteiger partial charge in [-0.2, -0.15) is 0 Å². The van der Waals surface area contributed by atoms with Crippen molar-refractivity contribution in [2.45, 2.75) is 11.9 Å². The fraction of sp³-hybridized carbons (Fsp3) is 0.167. The van der Waals surface area contributed by atoms with E-state index in [4.69, 9.17) is 34.8 Å². The lowest BCUT2D eigenvalue weighted by Crippen LogP contribution is -2.42. The number of hydrazine groups is 1. The Morgan fingerprint density at radius 1 is 1.26 bits per heavy atom. The average molecular weight is 412 g/mol. The van der Waals surface area contributed by atoms with Gasteiger partial charge in [0.15, 0.2) is 0 Å². The number of halogens is 3. The predicted octanol–water partition coefficient (Wildman–Crippen LogP) is 3.12. The maximum absolute atomic E-state index is 11.7. The molecule has 0 saturated heterocycles. The van der Waals surface area contributed by atoms with Crippen LogP contribution in [0.3, 0.4) is 0 Å². The standard InChI is InChI=1S/C12H9Cl3N4O2S2/c1-5-2-22-9-8(5)16-4-17-12(9)23-3-6(20)18-19-11(21)7(13)10(14)15/h2,4H,3H2,1H3,(H,18,20)(H,19,21). The zero-order valence-corrected chi connectivity index (χ0v) is 15.4. The zero-order valence-electron chi connectivity index (χ0n) is 11.5. The van der Waals surface area contributed by atoms with Crippen molar-refractivity contribution in [2.75, 3.05) is 5.75 Å². The number of carbonyl (C=O) groups is 2. The van der Waals surface area contributed by atoms with Crippen molar-refractivity contribution >= 4 is 79.9 Å². The van der Waals surface area contributed by atoms with Crippen LogP contribution < -0.4 is 10.9 Å². The van der Waals surface area contributed by atoms with E-state index in [0.717, 1.165) is 15.8 Å². The number of thioether (sulfide) groups is 1. The lowest BCUT2D eigenvalue weighted by atomic mass is 10.3. The minimum Gasteiger partial charge on any atom is -0.272 e. The molecule has 0 spiro atoms. The summed E-state index contributed by atoms with van der Waals surface area (Å²) in [5, 5.41) is 2.28. The molecule has 2 amide bonds. The molecule has 6 nitrogen and oxygen atoms in total. The van der Waals surface area contributed by atoms with Gasteiger partial charge in [-0.3, -0.25) is 20.4 Å². The van der Waals surface area contributed by atoms with Crippen molar-refractivity contribution in [3.05, 3.63) is 26.8 Å². The maximum atomic E-state index is 11.7. The van der Waals surface area contributed by atoms with Gasteiger partial charge in [-0.25, -0.2) is 9.97 Å². The van der Waals surface area contributed by atoms with E-state index in [1.807, 2.05) is 12.3 Å². The van der Waals surface area contributed by atoms with E-state index in [2.05, 4.69) is 20.8 Å². The molecule has 2 rings (SSSR count). The van der Waals surface area contributed by atoms with Crippen LogP contribution in [0.2, 0.25) is 0 Å². The van der Waals surface area contributed by atoms with Gasteiger partial charge in [0.1, 0.15) is 20.9 Å². The van der Waals surface area contributed by atoms with Crippen LogP contribution >= 0.6 is 57.9 Å². The normalized spacial score (nSPS) is 10.4. The first-order chi connectivity index (χ1) is 10.9. The summed E-state index contributed by atoms with van der Waals surface area (Å²) < 4.78 is 0.538. The number of aromatic nitrogens is 2. The lowest BCUT2D eigenvalue weighted by molar-refractivity contribution is -0.125. The first kappa shape index (κ1) is 18.3. The zero-order chi connectivity index (χ0) is 17.0. The summed E-state index contributed by atoms with van der Waals surface area (Å²) in [6.07, 6.45) is 1.46. The highest BCUT2D eigenvalue weighted by atomic mass is 35.5. The Balaban J connectivity index is 1.92. The van der Waals surface area contributed by atoms with Gasteiger partial charge in [0, 0.05) is 0 Å². The van der Waals surface area contributed by atoms with E-state index >= 15 is 0 Å². The fourth-order valence-corrected chi connectivity index (χ4v) is 3.60. The molecule has 2 N–H and O–H groups in total. The number of rotatable bonds is 4. The summed E-state index contributed by atoms with van der Waals surface area (Å²) >= 11 is 19.0. The number of thiophene rings is 1. The van der Waals surface area contributed by atoms with Gasteiger partial charge in [-0.05, 0) is 17.9 Å². The van der Waals surface area contributed by atoms with E-state index in [1.54, 1.807) is 0 Å². The van der Waals surface area contributed by atoms with Crippen molar-refractivity contribution in [3.63, 3.8) is 0 Å². The van der Waals surface area contributed by atoms with Gasteiger partial charge in [0.2, 0.25) is 5.91 Å². The Morgan fingerprint density at radius 3 is 2.70 bits per heavy atom. The molecule has 0 aliphatic heterocycles. The first-order valence-corrected chi connectivity index (χ1v) is 9.01. The van der Waals surface area contributed by atoms with Crippen LogP contribution in [0.15, 0.2) is 26.3 Å². The number of carbonyl (C=O) groups excluding carboxylic acids is 2. The Hall–Kier alpha value is -1.06. The first-order valence-electron chi connectivity index (χ1n) is 6.01. The molecule has 23 heavy (non-hydrogen) atoms. The molecule has 0 saturated carbocycles. The second-order valence-corrected chi connectivity index (χ2v) is 7.31. The smallest absolute Gasteiger partial charge is 0.272 e. The van der Waals surface area contributed by atoms with E-state index < -0.39 is 16.8 Å². The molecular weight excluding hydrogens is 403 g/mol. The number of nitrogens with zero attached hydrogens (tertiary/aromatic N) is 2. The largest absolute Gasteiger partial charge is 0.283 e. The van der Waals surface area contributed by atoms with Crippen molar-refractivity contribution in [3.8, 4) is 0 Å². The SMILES string of the molecule is Cc1csc2c(SCC(=O)NNC(=O)C(Cl)=C(Cl)Cl)ncnc12. The van der Waals surface area contributed by atoms with Crippen LogP contribution in [-0.4, -0.2) is 27.5 Å². The molecular formula is C12H9Cl3N4O2S2. The molecule has 2 aromatic rings. The third kappa shape index (κ3) is 4.71. The van der Waals surface area contributed by atoms with Gasteiger partial charge in [0.25, 0.3) is 5.91 Å². The van der Waals surface area contributed by atoms with E-state index in [9.17, 15) is 9.59 Å². The number of hydrogen-bond donors (Lipinski definition) is 2. The monoisotopic (exact) mass is 410 g/mol.